The van der Waals surface area contributed by atoms with E-state index in [1.807, 2.05) is 0 Å². The number of hydrogen-bond donors (Lipinski definition) is 0. The van der Waals surface area contributed by atoms with Gasteiger partial charge in [-0.15, -0.1) is 0 Å². The molecular formula is C31H20Cl2F3N3O5S. The number of carbonyl (C=O) groups excluding carboxylic acids is 1. The van der Waals surface area contributed by atoms with E-state index in [2.05, 4.69) is 4.99 Å². The maximum Gasteiger partial charge on any atom is 0.416 e. The van der Waals surface area contributed by atoms with E-state index in [1.165, 1.54) is 11.0 Å². The van der Waals surface area contributed by atoms with Gasteiger partial charge in [0.15, 0.2) is 16.7 Å². The number of halogens is 5. The molecule has 230 valence electrons. The minimum atomic E-state index is -4.77. The van der Waals surface area contributed by atoms with Gasteiger partial charge in [0.25, 0.3) is 5.91 Å². The molecule has 14 heteroatoms. The molecule has 0 aliphatic carbocycles. The largest absolute Gasteiger partial charge is 0.490 e. The summed E-state index contributed by atoms with van der Waals surface area (Å²) in [6.07, 6.45) is -3.15. The standard InChI is InChI=1S/C31H20Cl2F3N3O5S/c1-2-43-27-15-18(3-13-26(27)44-25-14-4-19(31(34,35)36)17-24(25)39(41)42)16-28-29(40)38(23-11-7-21(33)8-12-23)30(45-28)37-22-9-5-20(32)6-10-22/h3-17H,2H2,1H3/b28-16-,37-30?. The molecule has 1 amide bonds. The van der Waals surface area contributed by atoms with Gasteiger partial charge in [-0.1, -0.05) is 29.3 Å². The van der Waals surface area contributed by atoms with Gasteiger partial charge in [-0.3, -0.25) is 19.8 Å². The zero-order valence-electron chi connectivity index (χ0n) is 23.0. The second-order valence-corrected chi connectivity index (χ2v) is 11.2. The number of nitrogens with zero attached hydrogens (tertiary/aromatic N) is 3. The highest BCUT2D eigenvalue weighted by Gasteiger charge is 2.35. The molecule has 1 heterocycles. The Morgan fingerprint density at radius 1 is 0.933 bits per heavy atom. The van der Waals surface area contributed by atoms with Crippen molar-refractivity contribution in [1.29, 1.82) is 0 Å². The van der Waals surface area contributed by atoms with Crippen LogP contribution in [0.3, 0.4) is 0 Å². The molecule has 1 saturated heterocycles. The van der Waals surface area contributed by atoms with Gasteiger partial charge >= 0.3 is 11.9 Å². The number of carbonyl (C=O) groups is 1. The summed E-state index contributed by atoms with van der Waals surface area (Å²) in [4.78, 5) is 30.7. The van der Waals surface area contributed by atoms with E-state index in [0.29, 0.717) is 49.2 Å². The number of aliphatic imine (C=N–C) groups is 1. The van der Waals surface area contributed by atoms with Crippen molar-refractivity contribution in [2.45, 2.75) is 13.1 Å². The maximum absolute atomic E-state index is 13.7. The SMILES string of the molecule is CCOc1cc(/C=C2\SC(=Nc3ccc(Cl)cc3)N(c3ccc(Cl)cc3)C2=O)ccc1Oc1ccc(C(F)(F)F)cc1[N+](=O)[O-]. The smallest absolute Gasteiger partial charge is 0.416 e. The number of ether oxygens (including phenoxy) is 2. The predicted octanol–water partition coefficient (Wildman–Crippen LogP) is 9.92. The van der Waals surface area contributed by atoms with Crippen LogP contribution in [0.15, 0.2) is 94.8 Å². The van der Waals surface area contributed by atoms with Crippen molar-refractivity contribution in [3.05, 3.63) is 121 Å². The number of nitro benzene ring substituents is 1. The van der Waals surface area contributed by atoms with Crippen molar-refractivity contribution in [3.63, 3.8) is 0 Å². The number of nitro groups is 1. The highest BCUT2D eigenvalue weighted by atomic mass is 35.5. The van der Waals surface area contributed by atoms with Crippen molar-refractivity contribution in [3.8, 4) is 17.2 Å². The molecule has 0 unspecified atom stereocenters. The van der Waals surface area contributed by atoms with E-state index in [-0.39, 0.29) is 24.0 Å². The van der Waals surface area contributed by atoms with Gasteiger partial charge in [-0.25, -0.2) is 4.99 Å². The number of amides is 1. The van der Waals surface area contributed by atoms with Gasteiger partial charge in [0.1, 0.15) is 0 Å². The van der Waals surface area contributed by atoms with E-state index in [4.69, 9.17) is 32.7 Å². The first kappa shape index (κ1) is 31.9. The number of thioether (sulfide) groups is 1. The lowest BCUT2D eigenvalue weighted by Gasteiger charge is -2.15. The van der Waals surface area contributed by atoms with E-state index in [9.17, 15) is 28.1 Å². The summed E-state index contributed by atoms with van der Waals surface area (Å²) < 4.78 is 50.8. The molecule has 0 N–H and O–H groups in total. The molecule has 45 heavy (non-hydrogen) atoms. The van der Waals surface area contributed by atoms with E-state index >= 15 is 0 Å². The van der Waals surface area contributed by atoms with Crippen LogP contribution in [0.4, 0.5) is 30.2 Å². The third-order valence-corrected chi connectivity index (χ3v) is 7.68. The zero-order valence-corrected chi connectivity index (χ0v) is 25.4. The Bertz CT molecular complexity index is 1830. The summed E-state index contributed by atoms with van der Waals surface area (Å²) in [6.45, 7) is 1.89. The molecule has 0 radical (unpaired) electrons. The molecule has 1 aliphatic heterocycles. The number of anilines is 1. The monoisotopic (exact) mass is 673 g/mol. The van der Waals surface area contributed by atoms with Gasteiger partial charge in [0.05, 0.1) is 33.4 Å². The van der Waals surface area contributed by atoms with Crippen LogP contribution in [0.25, 0.3) is 6.08 Å². The fourth-order valence-corrected chi connectivity index (χ4v) is 5.41. The molecule has 0 saturated carbocycles. The van der Waals surface area contributed by atoms with Crippen LogP contribution in [0.2, 0.25) is 10.0 Å². The topological polar surface area (TPSA) is 94.3 Å². The van der Waals surface area contributed by atoms with Crippen molar-refractivity contribution in [1.82, 2.24) is 0 Å². The number of rotatable bonds is 8. The predicted molar refractivity (Wildman–Crippen MR) is 169 cm³/mol. The van der Waals surface area contributed by atoms with Gasteiger partial charge in [0, 0.05) is 16.1 Å². The molecule has 4 aromatic carbocycles. The first-order chi connectivity index (χ1) is 21.4. The average molecular weight is 674 g/mol. The van der Waals surface area contributed by atoms with Crippen LogP contribution < -0.4 is 14.4 Å². The number of hydrogen-bond acceptors (Lipinski definition) is 7. The third kappa shape index (κ3) is 7.42. The molecule has 5 rings (SSSR count). The van der Waals surface area contributed by atoms with Gasteiger partial charge < -0.3 is 9.47 Å². The second-order valence-electron chi connectivity index (χ2n) is 9.28. The molecular weight excluding hydrogens is 654 g/mol. The van der Waals surface area contributed by atoms with Crippen LogP contribution in [-0.4, -0.2) is 22.6 Å². The van der Waals surface area contributed by atoms with Crippen LogP contribution in [-0.2, 0) is 11.0 Å². The molecule has 0 aromatic heterocycles. The van der Waals surface area contributed by atoms with Crippen molar-refractivity contribution in [2.75, 3.05) is 11.5 Å². The average Bonchev–Trinajstić information content (AvgIpc) is 3.29. The lowest BCUT2D eigenvalue weighted by atomic mass is 10.1. The molecule has 4 aromatic rings. The Balaban J connectivity index is 1.50. The van der Waals surface area contributed by atoms with Crippen molar-refractivity contribution >= 4 is 69.2 Å². The van der Waals surface area contributed by atoms with Gasteiger partial charge in [-0.05, 0) is 103 Å². The van der Waals surface area contributed by atoms with Crippen molar-refractivity contribution < 1.29 is 32.4 Å². The lowest BCUT2D eigenvalue weighted by Crippen LogP contribution is -2.28. The minimum Gasteiger partial charge on any atom is -0.490 e. The number of alkyl halides is 3. The summed E-state index contributed by atoms with van der Waals surface area (Å²) in [5.74, 6) is -0.571. The molecule has 0 bridgehead atoms. The van der Waals surface area contributed by atoms with Gasteiger partial charge in [0.2, 0.25) is 5.75 Å². The maximum atomic E-state index is 13.7. The third-order valence-electron chi connectivity index (χ3n) is 6.21. The summed E-state index contributed by atoms with van der Waals surface area (Å²) >= 11 is 13.2. The lowest BCUT2D eigenvalue weighted by molar-refractivity contribution is -0.385. The zero-order chi connectivity index (χ0) is 32.3. The quantitative estimate of drug-likeness (QED) is 0.105. The summed E-state index contributed by atoms with van der Waals surface area (Å²) in [5.41, 5.74) is -0.398. The van der Waals surface area contributed by atoms with E-state index in [0.717, 1.165) is 17.8 Å². The first-order valence-corrected chi connectivity index (χ1v) is 14.6. The molecule has 8 nitrogen and oxygen atoms in total. The molecule has 0 atom stereocenters. The second kappa shape index (κ2) is 13.2. The highest BCUT2D eigenvalue weighted by Crippen LogP contribution is 2.42. The fraction of sp³-hybridized carbons (Fsp3) is 0.0968. The molecule has 0 spiro atoms. The fourth-order valence-electron chi connectivity index (χ4n) is 4.15. The summed E-state index contributed by atoms with van der Waals surface area (Å²) in [6, 6.07) is 20.1. The molecule has 1 fully saturated rings. The Morgan fingerprint density at radius 3 is 2.20 bits per heavy atom. The normalized spacial score (nSPS) is 15.2. The number of amidine groups is 1. The minimum absolute atomic E-state index is 0.0278. The Hall–Kier alpha value is -4.52. The van der Waals surface area contributed by atoms with Crippen LogP contribution in [0.1, 0.15) is 18.1 Å². The summed E-state index contributed by atoms with van der Waals surface area (Å²) in [7, 11) is 0. The summed E-state index contributed by atoms with van der Waals surface area (Å²) in [5, 5.41) is 13.0. The number of benzene rings is 4. The Labute approximate surface area is 268 Å². The van der Waals surface area contributed by atoms with Crippen LogP contribution in [0.5, 0.6) is 17.2 Å². The van der Waals surface area contributed by atoms with E-state index in [1.54, 1.807) is 73.7 Å². The Kier molecular flexibility index (Phi) is 9.37. The van der Waals surface area contributed by atoms with Gasteiger partial charge in [-0.2, -0.15) is 13.2 Å². The van der Waals surface area contributed by atoms with Crippen LogP contribution >= 0.6 is 35.0 Å². The first-order valence-electron chi connectivity index (χ1n) is 13.1. The van der Waals surface area contributed by atoms with E-state index < -0.39 is 28.1 Å². The highest BCUT2D eigenvalue weighted by molar-refractivity contribution is 8.19. The Morgan fingerprint density at radius 2 is 1.58 bits per heavy atom. The van der Waals surface area contributed by atoms with Crippen LogP contribution in [0, 0.1) is 10.1 Å². The van der Waals surface area contributed by atoms with Crippen molar-refractivity contribution in [2.24, 2.45) is 4.99 Å². The molecule has 1 aliphatic rings.